The number of imidazole rings is 1. The van der Waals surface area contributed by atoms with Crippen LogP contribution in [0.1, 0.15) is 30.7 Å². The van der Waals surface area contributed by atoms with Crippen molar-refractivity contribution in [2.75, 3.05) is 0 Å². The van der Waals surface area contributed by atoms with Crippen LogP contribution in [0.25, 0.3) is 17.0 Å². The molecule has 0 saturated heterocycles. The normalized spacial score (nSPS) is 15.3. The Morgan fingerprint density at radius 2 is 1.64 bits per heavy atom. The van der Waals surface area contributed by atoms with Crippen LogP contribution < -0.4 is 9.47 Å². The van der Waals surface area contributed by atoms with Crippen molar-refractivity contribution >= 4 is 22.8 Å². The highest BCUT2D eigenvalue weighted by atomic mass is 19.4. The maximum absolute atomic E-state index is 13.1. The molecular formula is C26H20F3N3O4. The summed E-state index contributed by atoms with van der Waals surface area (Å²) in [5.74, 6) is 0.569. The van der Waals surface area contributed by atoms with E-state index in [0.717, 1.165) is 5.56 Å². The molecule has 1 aliphatic heterocycles. The van der Waals surface area contributed by atoms with Gasteiger partial charge in [0.1, 0.15) is 29.5 Å². The van der Waals surface area contributed by atoms with Crippen molar-refractivity contribution in [2.24, 2.45) is 0 Å². The Morgan fingerprint density at radius 1 is 0.944 bits per heavy atom. The SMILES string of the molecule is CC1(C)OC(c2ccncc2)=C(c2ccc(OCc3cn4cc(OC(F)(F)F)ccc4n3)cc2)C1=O. The minimum Gasteiger partial charge on any atom is -0.487 e. The van der Waals surface area contributed by atoms with Crippen LogP contribution in [0.4, 0.5) is 13.2 Å². The Hall–Kier alpha value is -4.34. The molecule has 10 heteroatoms. The molecular weight excluding hydrogens is 475 g/mol. The maximum atomic E-state index is 13.1. The summed E-state index contributed by atoms with van der Waals surface area (Å²) in [4.78, 5) is 21.4. The van der Waals surface area contributed by atoms with Crippen LogP contribution in [0.3, 0.4) is 0 Å². The number of hydrogen-bond donors (Lipinski definition) is 0. The van der Waals surface area contributed by atoms with E-state index in [1.165, 1.54) is 22.7 Å². The number of pyridine rings is 2. The number of ether oxygens (including phenoxy) is 3. The molecule has 0 N–H and O–H groups in total. The molecule has 0 saturated carbocycles. The molecule has 0 spiro atoms. The number of fused-ring (bicyclic) bond motifs is 1. The number of benzene rings is 1. The molecule has 0 bridgehead atoms. The van der Waals surface area contributed by atoms with Crippen molar-refractivity contribution in [1.29, 1.82) is 0 Å². The van der Waals surface area contributed by atoms with E-state index >= 15 is 0 Å². The zero-order valence-corrected chi connectivity index (χ0v) is 19.2. The van der Waals surface area contributed by atoms with Crippen molar-refractivity contribution in [3.05, 3.63) is 90.1 Å². The standard InChI is InChI=1S/C26H20F3N3O4/c1-25(2)24(33)22(23(36-25)17-9-11-30-12-10-17)16-3-5-19(6-4-16)34-15-18-13-32-14-20(35-26(27,28)29)7-8-21(32)31-18/h3-14H,15H2,1-2H3. The maximum Gasteiger partial charge on any atom is 0.573 e. The Labute approximate surface area is 203 Å². The Bertz CT molecular complexity index is 1460. The van der Waals surface area contributed by atoms with E-state index < -0.39 is 12.0 Å². The lowest BCUT2D eigenvalue weighted by molar-refractivity contribution is -0.274. The number of halogens is 3. The lowest BCUT2D eigenvalue weighted by Gasteiger charge is -2.17. The molecule has 0 unspecified atom stereocenters. The highest BCUT2D eigenvalue weighted by Crippen LogP contribution is 2.41. The second-order valence-electron chi connectivity index (χ2n) is 8.60. The van der Waals surface area contributed by atoms with Gasteiger partial charge in [0.05, 0.1) is 17.5 Å². The lowest BCUT2D eigenvalue weighted by Crippen LogP contribution is -2.29. The molecule has 7 nitrogen and oxygen atoms in total. The van der Waals surface area contributed by atoms with Crippen molar-refractivity contribution in [3.63, 3.8) is 0 Å². The average molecular weight is 495 g/mol. The van der Waals surface area contributed by atoms with Crippen LogP contribution in [0.2, 0.25) is 0 Å². The lowest BCUT2D eigenvalue weighted by atomic mass is 9.93. The number of ketones is 1. The number of rotatable bonds is 6. The van der Waals surface area contributed by atoms with E-state index in [4.69, 9.17) is 9.47 Å². The third-order valence-corrected chi connectivity index (χ3v) is 5.54. The fourth-order valence-electron chi connectivity index (χ4n) is 3.89. The molecule has 5 rings (SSSR count). The van der Waals surface area contributed by atoms with E-state index in [1.54, 1.807) is 68.8 Å². The number of Topliss-reactive ketones (excluding diaryl/α,β-unsaturated/α-hetero) is 1. The second kappa shape index (κ2) is 8.71. The third-order valence-electron chi connectivity index (χ3n) is 5.54. The Morgan fingerprint density at radius 3 is 2.33 bits per heavy atom. The third kappa shape index (κ3) is 4.74. The second-order valence-corrected chi connectivity index (χ2v) is 8.60. The number of carbonyl (C=O) groups is 1. The highest BCUT2D eigenvalue weighted by molar-refractivity contribution is 6.32. The largest absolute Gasteiger partial charge is 0.573 e. The molecule has 184 valence electrons. The molecule has 4 aromatic rings. The van der Waals surface area contributed by atoms with Crippen LogP contribution in [0.5, 0.6) is 11.5 Å². The molecule has 3 aromatic heterocycles. The van der Waals surface area contributed by atoms with Gasteiger partial charge in [-0.3, -0.25) is 9.78 Å². The van der Waals surface area contributed by atoms with E-state index in [2.05, 4.69) is 14.7 Å². The van der Waals surface area contributed by atoms with Gasteiger partial charge in [0.15, 0.2) is 5.60 Å². The molecule has 36 heavy (non-hydrogen) atoms. The first-order valence-corrected chi connectivity index (χ1v) is 10.9. The first kappa shape index (κ1) is 23.4. The van der Waals surface area contributed by atoms with Gasteiger partial charge in [-0.25, -0.2) is 4.98 Å². The van der Waals surface area contributed by atoms with E-state index in [-0.39, 0.29) is 18.1 Å². The van der Waals surface area contributed by atoms with Gasteiger partial charge in [0.25, 0.3) is 0 Å². The molecule has 1 aliphatic rings. The minimum absolute atomic E-state index is 0.0938. The smallest absolute Gasteiger partial charge is 0.487 e. The van der Waals surface area contributed by atoms with Crippen molar-refractivity contribution in [1.82, 2.24) is 14.4 Å². The first-order chi connectivity index (χ1) is 17.1. The summed E-state index contributed by atoms with van der Waals surface area (Å²) in [6, 6.07) is 13.2. The predicted molar refractivity (Wildman–Crippen MR) is 124 cm³/mol. The molecule has 0 aliphatic carbocycles. The Kier molecular flexibility index (Phi) is 5.66. The molecule has 0 amide bonds. The summed E-state index contributed by atoms with van der Waals surface area (Å²) < 4.78 is 54.5. The van der Waals surface area contributed by atoms with Crippen molar-refractivity contribution in [3.8, 4) is 11.5 Å². The molecule has 4 heterocycles. The van der Waals surface area contributed by atoms with Gasteiger partial charge in [-0.2, -0.15) is 0 Å². The van der Waals surface area contributed by atoms with E-state index in [1.807, 2.05) is 0 Å². The average Bonchev–Trinajstić information content (AvgIpc) is 3.35. The number of alkyl halides is 3. The highest BCUT2D eigenvalue weighted by Gasteiger charge is 2.42. The topological polar surface area (TPSA) is 75.0 Å². The summed E-state index contributed by atoms with van der Waals surface area (Å²) >= 11 is 0. The summed E-state index contributed by atoms with van der Waals surface area (Å²) in [7, 11) is 0. The number of aromatic nitrogens is 3. The van der Waals surface area contributed by atoms with Gasteiger partial charge < -0.3 is 18.6 Å². The van der Waals surface area contributed by atoms with Crippen LogP contribution in [0, 0.1) is 0 Å². The van der Waals surface area contributed by atoms with Crippen LogP contribution in [0.15, 0.2) is 73.3 Å². The van der Waals surface area contributed by atoms with Crippen molar-refractivity contribution in [2.45, 2.75) is 32.4 Å². The molecule has 0 atom stereocenters. The van der Waals surface area contributed by atoms with E-state index in [0.29, 0.717) is 34.0 Å². The fourth-order valence-corrected chi connectivity index (χ4v) is 3.89. The molecule has 0 fully saturated rings. The molecule has 0 radical (unpaired) electrons. The van der Waals surface area contributed by atoms with Gasteiger partial charge in [-0.05, 0) is 55.8 Å². The first-order valence-electron chi connectivity index (χ1n) is 10.9. The predicted octanol–water partition coefficient (Wildman–Crippen LogP) is 5.45. The Balaban J connectivity index is 1.33. The zero-order valence-electron chi connectivity index (χ0n) is 19.2. The van der Waals surface area contributed by atoms with Gasteiger partial charge in [-0.15, -0.1) is 13.2 Å². The van der Waals surface area contributed by atoms with Gasteiger partial charge >= 0.3 is 6.36 Å². The summed E-state index contributed by atoms with van der Waals surface area (Å²) in [6.07, 6.45) is 1.27. The van der Waals surface area contributed by atoms with Crippen LogP contribution in [-0.4, -0.2) is 32.1 Å². The van der Waals surface area contributed by atoms with Crippen LogP contribution >= 0.6 is 0 Å². The summed E-state index contributed by atoms with van der Waals surface area (Å²) in [6.45, 7) is 3.55. The quantitative estimate of drug-likeness (QED) is 0.354. The zero-order chi connectivity index (χ0) is 25.5. The monoisotopic (exact) mass is 495 g/mol. The van der Waals surface area contributed by atoms with Gasteiger partial charge in [0.2, 0.25) is 5.78 Å². The summed E-state index contributed by atoms with van der Waals surface area (Å²) in [5.41, 5.74) is 1.92. The summed E-state index contributed by atoms with van der Waals surface area (Å²) in [5, 5.41) is 0. The van der Waals surface area contributed by atoms with E-state index in [9.17, 15) is 18.0 Å². The minimum atomic E-state index is -4.77. The molecule has 1 aromatic carbocycles. The number of hydrogen-bond acceptors (Lipinski definition) is 6. The number of carbonyl (C=O) groups excluding carboxylic acids is 1. The van der Waals surface area contributed by atoms with Crippen LogP contribution in [-0.2, 0) is 16.1 Å². The van der Waals surface area contributed by atoms with Gasteiger partial charge in [0, 0.05) is 24.2 Å². The fraction of sp³-hybridized carbons (Fsp3) is 0.192. The van der Waals surface area contributed by atoms with Gasteiger partial charge in [-0.1, -0.05) is 12.1 Å². The van der Waals surface area contributed by atoms with Crippen molar-refractivity contribution < 1.29 is 32.2 Å². The number of nitrogens with zero attached hydrogens (tertiary/aromatic N) is 3.